The molecular weight excluding hydrogens is 588 g/mol. The highest BCUT2D eigenvalue weighted by Gasteiger charge is 2.47. The van der Waals surface area contributed by atoms with Crippen molar-refractivity contribution >= 4 is 18.0 Å². The highest BCUT2D eigenvalue weighted by molar-refractivity contribution is 5.86. The van der Waals surface area contributed by atoms with E-state index in [1.165, 1.54) is 75.3 Å². The maximum absolute atomic E-state index is 12.4. The number of ether oxygens (including phenoxy) is 4. The summed E-state index contributed by atoms with van der Waals surface area (Å²) in [6, 6.07) is 27.4. The monoisotopic (exact) mass is 638 g/mol. The molecule has 0 radical (unpaired) electrons. The Bertz CT molecular complexity index is 1380. The van der Waals surface area contributed by atoms with Crippen LogP contribution in [-0.2, 0) is 28.5 Å². The van der Waals surface area contributed by atoms with Gasteiger partial charge >= 0.3 is 11.9 Å². The Hall–Kier alpha value is -3.74. The molecule has 47 heavy (non-hydrogen) atoms. The zero-order valence-electron chi connectivity index (χ0n) is 28.0. The molecule has 3 aromatic rings. The molecule has 1 saturated carbocycles. The van der Waals surface area contributed by atoms with Gasteiger partial charge in [0.1, 0.15) is 0 Å². The zero-order valence-corrected chi connectivity index (χ0v) is 28.0. The van der Waals surface area contributed by atoms with E-state index >= 15 is 0 Å². The smallest absolute Gasteiger partial charge is 0.338 e. The van der Waals surface area contributed by atoms with Crippen LogP contribution in [0.5, 0.6) is 0 Å². The summed E-state index contributed by atoms with van der Waals surface area (Å²) < 4.78 is 21.9. The molecule has 0 bridgehead atoms. The number of benzene rings is 3. The molecule has 0 aromatic heterocycles. The Morgan fingerprint density at radius 1 is 0.681 bits per heavy atom. The highest BCUT2D eigenvalue weighted by Crippen LogP contribution is 2.39. The molecule has 6 nitrogen and oxygen atoms in total. The lowest BCUT2D eigenvalue weighted by molar-refractivity contribution is -0.163. The first kappa shape index (κ1) is 34.6. The van der Waals surface area contributed by atoms with Gasteiger partial charge in [-0.3, -0.25) is 0 Å². The lowest BCUT2D eigenvalue weighted by atomic mass is 9.77. The van der Waals surface area contributed by atoms with Crippen molar-refractivity contribution < 1.29 is 28.5 Å². The second-order valence-electron chi connectivity index (χ2n) is 12.7. The fourth-order valence-electron chi connectivity index (χ4n) is 6.80. The molecule has 1 saturated heterocycles. The van der Waals surface area contributed by atoms with Gasteiger partial charge in [-0.05, 0) is 86.5 Å². The average molecular weight is 639 g/mol. The molecule has 1 aliphatic heterocycles. The van der Waals surface area contributed by atoms with Crippen LogP contribution in [-0.4, -0.2) is 37.4 Å². The van der Waals surface area contributed by atoms with E-state index in [-0.39, 0.29) is 13.2 Å². The minimum absolute atomic E-state index is 0.183. The van der Waals surface area contributed by atoms with Crippen LogP contribution in [0.25, 0.3) is 17.2 Å². The van der Waals surface area contributed by atoms with Crippen LogP contribution < -0.4 is 0 Å². The minimum Gasteiger partial charge on any atom is -0.464 e. The number of allylic oxidation sites excluding steroid dienone is 1. The van der Waals surface area contributed by atoms with Crippen LogP contribution >= 0.6 is 0 Å². The fraction of sp³-hybridized carbons (Fsp3) is 0.463. The standard InChI is InChI=1S/C41H50O6/c1-3-44-39(42)37-38(40(43)45-4-2)47-41(46-37)36-28-26-35(27-29-36)34-24-22-33(23-25-34)32-20-18-31(19-21-32)17-11-8-6-5-7-10-14-30-15-12-9-13-16-30/h9-10,12-16,22-29,31-32,37-38,41H,3-8,11,17-21H2,1-2H3/t31-,32-,37-,38-/m1/s1. The average Bonchev–Trinajstić information content (AvgIpc) is 3.57. The molecular formula is C41H50O6. The van der Waals surface area contributed by atoms with Crippen molar-refractivity contribution in [1.29, 1.82) is 0 Å². The minimum atomic E-state index is -1.16. The highest BCUT2D eigenvalue weighted by atomic mass is 16.8. The van der Waals surface area contributed by atoms with Crippen molar-refractivity contribution in [2.75, 3.05) is 13.2 Å². The van der Waals surface area contributed by atoms with Gasteiger partial charge in [-0.15, -0.1) is 0 Å². The van der Waals surface area contributed by atoms with E-state index in [1.54, 1.807) is 13.8 Å². The summed E-state index contributed by atoms with van der Waals surface area (Å²) in [6.07, 6.45) is 14.5. The molecule has 3 aromatic carbocycles. The molecule has 5 rings (SSSR count). The molecule has 0 amide bonds. The number of carbonyl (C=O) groups is 2. The van der Waals surface area contributed by atoms with Crippen LogP contribution in [0.2, 0.25) is 0 Å². The molecule has 2 fully saturated rings. The van der Waals surface area contributed by atoms with Gasteiger partial charge in [0.05, 0.1) is 13.2 Å². The molecule has 250 valence electrons. The number of rotatable bonds is 15. The quantitative estimate of drug-likeness (QED) is 0.122. The number of esters is 2. The normalized spacial score (nSPS) is 21.6. The van der Waals surface area contributed by atoms with Gasteiger partial charge < -0.3 is 18.9 Å². The lowest BCUT2D eigenvalue weighted by Gasteiger charge is -2.29. The second-order valence-corrected chi connectivity index (χ2v) is 12.7. The third-order valence-electron chi connectivity index (χ3n) is 9.44. The molecule has 1 aliphatic carbocycles. The first-order valence-corrected chi connectivity index (χ1v) is 17.6. The lowest BCUT2D eigenvalue weighted by Crippen LogP contribution is -2.39. The van der Waals surface area contributed by atoms with Gasteiger partial charge in [0, 0.05) is 5.56 Å². The third-order valence-corrected chi connectivity index (χ3v) is 9.44. The summed E-state index contributed by atoms with van der Waals surface area (Å²) in [5, 5.41) is 0. The molecule has 2 aliphatic rings. The predicted molar refractivity (Wildman–Crippen MR) is 186 cm³/mol. The maximum atomic E-state index is 12.4. The van der Waals surface area contributed by atoms with Gasteiger partial charge in [-0.1, -0.05) is 117 Å². The topological polar surface area (TPSA) is 71.1 Å². The second kappa shape index (κ2) is 18.0. The molecule has 2 atom stereocenters. The third kappa shape index (κ3) is 9.88. The molecule has 6 heteroatoms. The van der Waals surface area contributed by atoms with Gasteiger partial charge in [-0.2, -0.15) is 0 Å². The van der Waals surface area contributed by atoms with E-state index in [1.807, 2.05) is 24.3 Å². The van der Waals surface area contributed by atoms with E-state index in [0.717, 1.165) is 22.6 Å². The molecule has 0 unspecified atom stereocenters. The van der Waals surface area contributed by atoms with Crippen molar-refractivity contribution in [3.8, 4) is 11.1 Å². The Morgan fingerprint density at radius 3 is 1.81 bits per heavy atom. The first-order chi connectivity index (χ1) is 23.1. The Kier molecular flexibility index (Phi) is 13.2. The van der Waals surface area contributed by atoms with Gasteiger partial charge in [0.25, 0.3) is 0 Å². The van der Waals surface area contributed by atoms with Gasteiger partial charge in [0.15, 0.2) is 18.5 Å². The Labute approximate surface area is 280 Å². The van der Waals surface area contributed by atoms with Crippen LogP contribution in [0.1, 0.15) is 107 Å². The van der Waals surface area contributed by atoms with Crippen molar-refractivity contribution in [2.45, 2.75) is 102 Å². The van der Waals surface area contributed by atoms with E-state index in [4.69, 9.17) is 18.9 Å². The van der Waals surface area contributed by atoms with E-state index < -0.39 is 30.4 Å². The SMILES string of the molecule is CCOC(=O)[C@@H]1OC(c2ccc(-c3ccc([C@H]4CC[C@H](CCCCCCC=Cc5ccccc5)CC4)cc3)cc2)O[C@H]1C(=O)OCC. The van der Waals surface area contributed by atoms with Crippen molar-refractivity contribution in [2.24, 2.45) is 5.92 Å². The van der Waals surface area contributed by atoms with Crippen molar-refractivity contribution in [1.82, 2.24) is 0 Å². The van der Waals surface area contributed by atoms with Crippen molar-refractivity contribution in [3.05, 3.63) is 102 Å². The van der Waals surface area contributed by atoms with E-state index in [2.05, 4.69) is 66.7 Å². The number of hydrogen-bond acceptors (Lipinski definition) is 6. The Morgan fingerprint density at radius 2 is 1.23 bits per heavy atom. The zero-order chi connectivity index (χ0) is 32.8. The van der Waals surface area contributed by atoms with Gasteiger partial charge in [0.2, 0.25) is 0 Å². The van der Waals surface area contributed by atoms with E-state index in [0.29, 0.717) is 5.92 Å². The maximum Gasteiger partial charge on any atom is 0.338 e. The summed E-state index contributed by atoms with van der Waals surface area (Å²) in [6.45, 7) is 3.78. The molecule has 0 N–H and O–H groups in total. The van der Waals surface area contributed by atoms with Crippen LogP contribution in [0.15, 0.2) is 84.9 Å². The summed E-state index contributed by atoms with van der Waals surface area (Å²) in [7, 11) is 0. The van der Waals surface area contributed by atoms with Crippen LogP contribution in [0.4, 0.5) is 0 Å². The summed E-state index contributed by atoms with van der Waals surface area (Å²) >= 11 is 0. The van der Waals surface area contributed by atoms with Crippen molar-refractivity contribution in [3.63, 3.8) is 0 Å². The van der Waals surface area contributed by atoms with Crippen LogP contribution in [0.3, 0.4) is 0 Å². The van der Waals surface area contributed by atoms with Crippen LogP contribution in [0, 0.1) is 5.92 Å². The number of hydrogen-bond donors (Lipinski definition) is 0. The molecule has 0 spiro atoms. The van der Waals surface area contributed by atoms with Gasteiger partial charge in [-0.25, -0.2) is 9.59 Å². The largest absolute Gasteiger partial charge is 0.464 e. The molecule has 1 heterocycles. The predicted octanol–water partition coefficient (Wildman–Crippen LogP) is 9.59. The summed E-state index contributed by atoms with van der Waals surface area (Å²) in [4.78, 5) is 24.8. The summed E-state index contributed by atoms with van der Waals surface area (Å²) in [5.41, 5.74) is 5.68. The Balaban J connectivity index is 1.04. The number of carbonyl (C=O) groups excluding carboxylic acids is 2. The summed E-state index contributed by atoms with van der Waals surface area (Å²) in [5.74, 6) is 0.269. The number of unbranched alkanes of at least 4 members (excludes halogenated alkanes) is 4. The van der Waals surface area contributed by atoms with E-state index in [9.17, 15) is 9.59 Å². The first-order valence-electron chi connectivity index (χ1n) is 17.6. The fourth-order valence-corrected chi connectivity index (χ4v) is 6.80.